The number of nitrogens with two attached hydrogens (primary N) is 1. The maximum atomic E-state index is 5.72. The summed E-state index contributed by atoms with van der Waals surface area (Å²) in [5, 5.41) is 0. The normalized spacial score (nSPS) is 34.3. The number of anilines is 1. The molecule has 2 heterocycles. The fraction of sp³-hybridized carbons (Fsp3) is 0.455. The Labute approximate surface area is 87.9 Å². The monoisotopic (exact) mass is 207 g/mol. The summed E-state index contributed by atoms with van der Waals surface area (Å²) in [5.74, 6) is 0. The summed E-state index contributed by atoms with van der Waals surface area (Å²) in [4.78, 5) is 0. The summed E-state index contributed by atoms with van der Waals surface area (Å²) in [7, 11) is 0. The van der Waals surface area contributed by atoms with Gasteiger partial charge in [-0.15, -0.1) is 0 Å². The van der Waals surface area contributed by atoms with Crippen molar-refractivity contribution >= 4 is 5.69 Å². The molecule has 4 nitrogen and oxygen atoms in total. The van der Waals surface area contributed by atoms with Gasteiger partial charge in [0.2, 0.25) is 0 Å². The SMILES string of the molecule is Nc1ccc(C2OC3COCC3O2)cc1. The molecule has 0 amide bonds. The van der Waals surface area contributed by atoms with Gasteiger partial charge in [0, 0.05) is 11.3 Å². The lowest BCUT2D eigenvalue weighted by atomic mass is 10.2. The number of rotatable bonds is 1. The van der Waals surface area contributed by atoms with Gasteiger partial charge in [-0.25, -0.2) is 0 Å². The lowest BCUT2D eigenvalue weighted by molar-refractivity contribution is -0.0965. The van der Waals surface area contributed by atoms with E-state index in [9.17, 15) is 0 Å². The molecule has 15 heavy (non-hydrogen) atoms. The molecule has 2 aliphatic heterocycles. The molecule has 4 heteroatoms. The topological polar surface area (TPSA) is 53.7 Å². The second-order valence-corrected chi connectivity index (χ2v) is 3.89. The van der Waals surface area contributed by atoms with E-state index in [1.165, 1.54) is 0 Å². The maximum Gasteiger partial charge on any atom is 0.184 e. The molecule has 2 fully saturated rings. The Morgan fingerprint density at radius 1 is 1.00 bits per heavy atom. The van der Waals surface area contributed by atoms with E-state index in [0.29, 0.717) is 13.2 Å². The number of ether oxygens (including phenoxy) is 3. The van der Waals surface area contributed by atoms with Crippen molar-refractivity contribution in [3.8, 4) is 0 Å². The van der Waals surface area contributed by atoms with Gasteiger partial charge >= 0.3 is 0 Å². The van der Waals surface area contributed by atoms with Crippen LogP contribution in [0, 0.1) is 0 Å². The van der Waals surface area contributed by atoms with E-state index in [0.717, 1.165) is 11.3 Å². The molecular weight excluding hydrogens is 194 g/mol. The van der Waals surface area contributed by atoms with Crippen LogP contribution in [0.5, 0.6) is 0 Å². The summed E-state index contributed by atoms with van der Waals surface area (Å²) < 4.78 is 16.7. The molecule has 1 aromatic carbocycles. The van der Waals surface area contributed by atoms with Crippen LogP contribution in [-0.2, 0) is 14.2 Å². The minimum Gasteiger partial charge on any atom is -0.399 e. The third kappa shape index (κ3) is 1.61. The first kappa shape index (κ1) is 9.15. The van der Waals surface area contributed by atoms with Gasteiger partial charge in [-0.05, 0) is 12.1 Å². The van der Waals surface area contributed by atoms with Crippen LogP contribution in [0.2, 0.25) is 0 Å². The van der Waals surface area contributed by atoms with E-state index in [1.54, 1.807) is 0 Å². The van der Waals surface area contributed by atoms with Gasteiger partial charge in [-0.3, -0.25) is 0 Å². The molecule has 2 atom stereocenters. The van der Waals surface area contributed by atoms with Gasteiger partial charge in [0.25, 0.3) is 0 Å². The van der Waals surface area contributed by atoms with E-state index >= 15 is 0 Å². The van der Waals surface area contributed by atoms with E-state index < -0.39 is 0 Å². The molecule has 80 valence electrons. The molecule has 3 rings (SSSR count). The number of benzene rings is 1. The Morgan fingerprint density at radius 2 is 1.60 bits per heavy atom. The summed E-state index contributed by atoms with van der Waals surface area (Å²) in [6, 6.07) is 7.57. The molecule has 1 aromatic rings. The average Bonchev–Trinajstić information content (AvgIpc) is 2.78. The summed E-state index contributed by atoms with van der Waals surface area (Å²) in [5.41, 5.74) is 7.38. The van der Waals surface area contributed by atoms with E-state index in [1.807, 2.05) is 24.3 Å². The zero-order chi connectivity index (χ0) is 10.3. The number of hydrogen-bond acceptors (Lipinski definition) is 4. The molecule has 0 bridgehead atoms. The van der Waals surface area contributed by atoms with Crippen LogP contribution in [0.1, 0.15) is 11.9 Å². The predicted molar refractivity (Wildman–Crippen MR) is 54.2 cm³/mol. The van der Waals surface area contributed by atoms with Crippen molar-refractivity contribution in [2.75, 3.05) is 18.9 Å². The highest BCUT2D eigenvalue weighted by Crippen LogP contribution is 2.34. The quantitative estimate of drug-likeness (QED) is 0.700. The van der Waals surface area contributed by atoms with E-state index in [-0.39, 0.29) is 18.5 Å². The molecule has 0 spiro atoms. The number of nitrogen functional groups attached to an aromatic ring is 1. The van der Waals surface area contributed by atoms with Gasteiger partial charge in [0.1, 0.15) is 12.2 Å². The van der Waals surface area contributed by atoms with Crippen molar-refractivity contribution in [3.63, 3.8) is 0 Å². The van der Waals surface area contributed by atoms with Crippen LogP contribution in [-0.4, -0.2) is 25.4 Å². The Morgan fingerprint density at radius 3 is 2.20 bits per heavy atom. The third-order valence-electron chi connectivity index (χ3n) is 2.78. The minimum atomic E-state index is -0.260. The average molecular weight is 207 g/mol. The van der Waals surface area contributed by atoms with Crippen molar-refractivity contribution in [1.29, 1.82) is 0 Å². The van der Waals surface area contributed by atoms with Crippen molar-refractivity contribution in [3.05, 3.63) is 29.8 Å². The van der Waals surface area contributed by atoms with Crippen molar-refractivity contribution in [1.82, 2.24) is 0 Å². The van der Waals surface area contributed by atoms with Crippen LogP contribution in [0.15, 0.2) is 24.3 Å². The van der Waals surface area contributed by atoms with Crippen LogP contribution < -0.4 is 5.73 Å². The Kier molecular flexibility index (Phi) is 2.12. The molecular formula is C11H13NO3. The summed E-state index contributed by atoms with van der Waals surface area (Å²) >= 11 is 0. The van der Waals surface area contributed by atoms with Crippen LogP contribution in [0.4, 0.5) is 5.69 Å². The Hall–Kier alpha value is -1.10. The van der Waals surface area contributed by atoms with E-state index in [2.05, 4.69) is 0 Å². The van der Waals surface area contributed by atoms with Crippen LogP contribution >= 0.6 is 0 Å². The van der Waals surface area contributed by atoms with Gasteiger partial charge in [0.15, 0.2) is 6.29 Å². The number of fused-ring (bicyclic) bond motifs is 1. The molecule has 2 saturated heterocycles. The van der Waals surface area contributed by atoms with Crippen molar-refractivity contribution in [2.45, 2.75) is 18.5 Å². The van der Waals surface area contributed by atoms with Crippen LogP contribution in [0.25, 0.3) is 0 Å². The van der Waals surface area contributed by atoms with Gasteiger partial charge in [0.05, 0.1) is 13.2 Å². The second kappa shape index (κ2) is 3.48. The fourth-order valence-electron chi connectivity index (χ4n) is 1.93. The first-order chi connectivity index (χ1) is 7.33. The Balaban J connectivity index is 1.76. The zero-order valence-corrected chi connectivity index (χ0v) is 8.26. The predicted octanol–water partition coefficient (Wildman–Crippen LogP) is 1.08. The molecule has 2 aliphatic rings. The first-order valence-corrected chi connectivity index (χ1v) is 5.07. The lowest BCUT2D eigenvalue weighted by Crippen LogP contribution is -2.18. The molecule has 0 aliphatic carbocycles. The zero-order valence-electron chi connectivity index (χ0n) is 8.26. The summed E-state index contributed by atoms with van der Waals surface area (Å²) in [6.45, 7) is 1.27. The highest BCUT2D eigenvalue weighted by atomic mass is 16.8. The standard InChI is InChI=1S/C11H13NO3/c12-8-3-1-7(2-4-8)11-14-9-5-13-6-10(9)15-11/h1-4,9-11H,5-6,12H2. The highest BCUT2D eigenvalue weighted by Gasteiger charge is 2.40. The first-order valence-electron chi connectivity index (χ1n) is 5.07. The molecule has 0 radical (unpaired) electrons. The van der Waals surface area contributed by atoms with Gasteiger partial charge in [-0.1, -0.05) is 12.1 Å². The van der Waals surface area contributed by atoms with Crippen molar-refractivity contribution in [2.24, 2.45) is 0 Å². The van der Waals surface area contributed by atoms with E-state index in [4.69, 9.17) is 19.9 Å². The minimum absolute atomic E-state index is 0.0903. The maximum absolute atomic E-state index is 5.72. The Bertz CT molecular complexity index is 339. The molecule has 0 saturated carbocycles. The molecule has 2 unspecified atom stereocenters. The third-order valence-corrected chi connectivity index (χ3v) is 2.78. The molecule has 0 aromatic heterocycles. The van der Waals surface area contributed by atoms with Gasteiger partial charge < -0.3 is 19.9 Å². The number of hydrogen-bond donors (Lipinski definition) is 1. The fourth-order valence-corrected chi connectivity index (χ4v) is 1.93. The second-order valence-electron chi connectivity index (χ2n) is 3.89. The lowest BCUT2D eigenvalue weighted by Gasteiger charge is -2.11. The van der Waals surface area contributed by atoms with Crippen LogP contribution in [0.3, 0.4) is 0 Å². The van der Waals surface area contributed by atoms with Crippen molar-refractivity contribution < 1.29 is 14.2 Å². The summed E-state index contributed by atoms with van der Waals surface area (Å²) in [6.07, 6.45) is -0.0791. The smallest absolute Gasteiger partial charge is 0.184 e. The van der Waals surface area contributed by atoms with Gasteiger partial charge in [-0.2, -0.15) is 0 Å². The molecule has 2 N–H and O–H groups in total. The highest BCUT2D eigenvalue weighted by molar-refractivity contribution is 5.39. The largest absolute Gasteiger partial charge is 0.399 e.